The van der Waals surface area contributed by atoms with Crippen molar-refractivity contribution < 1.29 is 14.6 Å². The fraction of sp³-hybridized carbons (Fsp3) is 0.632. The van der Waals surface area contributed by atoms with Crippen LogP contribution in [-0.2, 0) is 11.4 Å². The van der Waals surface area contributed by atoms with E-state index >= 15 is 0 Å². The summed E-state index contributed by atoms with van der Waals surface area (Å²) in [7, 11) is 0. The number of hydrogen-bond acceptors (Lipinski definition) is 3. The SMILES string of the molecule is CC(Oc1cccc(CO)c1)C(=O)NC1CCCC(C2CC2)C1. The summed E-state index contributed by atoms with van der Waals surface area (Å²) >= 11 is 0. The molecule has 126 valence electrons. The summed E-state index contributed by atoms with van der Waals surface area (Å²) in [5.41, 5.74) is 0.787. The smallest absolute Gasteiger partial charge is 0.260 e. The zero-order valence-corrected chi connectivity index (χ0v) is 13.8. The van der Waals surface area contributed by atoms with Crippen LogP contribution in [0.5, 0.6) is 5.75 Å². The zero-order chi connectivity index (χ0) is 16.2. The van der Waals surface area contributed by atoms with Crippen molar-refractivity contribution in [2.75, 3.05) is 0 Å². The minimum atomic E-state index is -0.523. The van der Waals surface area contributed by atoms with Crippen LogP contribution in [0.25, 0.3) is 0 Å². The van der Waals surface area contributed by atoms with E-state index in [1.807, 2.05) is 18.2 Å². The second-order valence-corrected chi connectivity index (χ2v) is 7.04. The zero-order valence-electron chi connectivity index (χ0n) is 13.8. The molecule has 0 saturated heterocycles. The molecule has 1 amide bonds. The number of amides is 1. The molecule has 0 bridgehead atoms. The number of aliphatic hydroxyl groups excluding tert-OH is 1. The number of carbonyl (C=O) groups excluding carboxylic acids is 1. The Morgan fingerprint density at radius 3 is 2.87 bits per heavy atom. The van der Waals surface area contributed by atoms with Crippen molar-refractivity contribution in [3.05, 3.63) is 29.8 Å². The van der Waals surface area contributed by atoms with E-state index in [1.165, 1.54) is 25.7 Å². The average Bonchev–Trinajstić information content (AvgIpc) is 3.40. The van der Waals surface area contributed by atoms with Crippen LogP contribution in [0.1, 0.15) is 51.0 Å². The highest BCUT2D eigenvalue weighted by atomic mass is 16.5. The molecular formula is C19H27NO3. The molecule has 0 aliphatic heterocycles. The first-order valence-corrected chi connectivity index (χ1v) is 8.82. The van der Waals surface area contributed by atoms with Gasteiger partial charge < -0.3 is 15.2 Å². The highest BCUT2D eigenvalue weighted by Crippen LogP contribution is 2.43. The number of aliphatic hydroxyl groups is 1. The molecule has 4 heteroatoms. The fourth-order valence-electron chi connectivity index (χ4n) is 3.65. The van der Waals surface area contributed by atoms with Crippen LogP contribution in [0.15, 0.2) is 24.3 Å². The predicted octanol–water partition coefficient (Wildman–Crippen LogP) is 3.03. The quantitative estimate of drug-likeness (QED) is 0.848. The molecule has 3 unspecified atom stereocenters. The number of hydrogen-bond donors (Lipinski definition) is 2. The van der Waals surface area contributed by atoms with Gasteiger partial charge in [-0.15, -0.1) is 0 Å². The third-order valence-corrected chi connectivity index (χ3v) is 5.11. The van der Waals surface area contributed by atoms with Crippen LogP contribution >= 0.6 is 0 Å². The van der Waals surface area contributed by atoms with Crippen molar-refractivity contribution in [3.8, 4) is 5.75 Å². The molecule has 0 heterocycles. The van der Waals surface area contributed by atoms with Crippen LogP contribution in [0.4, 0.5) is 0 Å². The number of ether oxygens (including phenoxy) is 1. The third kappa shape index (κ3) is 4.47. The summed E-state index contributed by atoms with van der Waals surface area (Å²) in [6.45, 7) is 1.75. The summed E-state index contributed by atoms with van der Waals surface area (Å²) in [6, 6.07) is 7.54. The van der Waals surface area contributed by atoms with Gasteiger partial charge in [0.1, 0.15) is 5.75 Å². The first kappa shape index (κ1) is 16.3. The number of nitrogens with one attached hydrogen (secondary N) is 1. The molecule has 3 rings (SSSR count). The molecule has 2 fully saturated rings. The van der Waals surface area contributed by atoms with Crippen LogP contribution in [0.3, 0.4) is 0 Å². The van der Waals surface area contributed by atoms with Gasteiger partial charge in [-0.2, -0.15) is 0 Å². The molecule has 23 heavy (non-hydrogen) atoms. The van der Waals surface area contributed by atoms with Gasteiger partial charge in [-0.3, -0.25) is 4.79 Å². The lowest BCUT2D eigenvalue weighted by Gasteiger charge is -2.30. The fourth-order valence-corrected chi connectivity index (χ4v) is 3.65. The van der Waals surface area contributed by atoms with Crippen molar-refractivity contribution in [1.29, 1.82) is 0 Å². The summed E-state index contributed by atoms with van der Waals surface area (Å²) in [5, 5.41) is 12.3. The lowest BCUT2D eigenvalue weighted by atomic mass is 9.82. The van der Waals surface area contributed by atoms with Crippen molar-refractivity contribution in [1.82, 2.24) is 5.32 Å². The lowest BCUT2D eigenvalue weighted by Crippen LogP contribution is -2.44. The Labute approximate surface area is 138 Å². The molecule has 0 aromatic heterocycles. The Morgan fingerprint density at radius 1 is 1.30 bits per heavy atom. The van der Waals surface area contributed by atoms with Crippen molar-refractivity contribution in [2.24, 2.45) is 11.8 Å². The second kappa shape index (κ2) is 7.35. The van der Waals surface area contributed by atoms with E-state index in [2.05, 4.69) is 5.32 Å². The van der Waals surface area contributed by atoms with E-state index in [1.54, 1.807) is 13.0 Å². The molecule has 1 aromatic carbocycles. The summed E-state index contributed by atoms with van der Waals surface area (Å²) in [4.78, 5) is 12.4. The minimum absolute atomic E-state index is 0.0254. The van der Waals surface area contributed by atoms with Gasteiger partial charge in [-0.1, -0.05) is 25.0 Å². The number of rotatable bonds is 6. The van der Waals surface area contributed by atoms with E-state index < -0.39 is 6.10 Å². The van der Waals surface area contributed by atoms with Gasteiger partial charge in [-0.25, -0.2) is 0 Å². The molecule has 4 nitrogen and oxygen atoms in total. The molecular weight excluding hydrogens is 290 g/mol. The lowest BCUT2D eigenvalue weighted by molar-refractivity contribution is -0.128. The Kier molecular flexibility index (Phi) is 5.21. The molecule has 3 atom stereocenters. The van der Waals surface area contributed by atoms with Crippen molar-refractivity contribution >= 4 is 5.91 Å². The van der Waals surface area contributed by atoms with E-state index in [4.69, 9.17) is 9.84 Å². The largest absolute Gasteiger partial charge is 0.481 e. The standard InChI is InChI=1S/C19H27NO3/c1-13(23-18-7-2-4-14(10-18)12-21)19(22)20-17-6-3-5-16(11-17)15-8-9-15/h2,4,7,10,13,15-17,21H,3,5-6,8-9,11-12H2,1H3,(H,20,22). The summed E-state index contributed by atoms with van der Waals surface area (Å²) < 4.78 is 5.72. The van der Waals surface area contributed by atoms with Crippen LogP contribution < -0.4 is 10.1 Å². The Hall–Kier alpha value is -1.55. The third-order valence-electron chi connectivity index (χ3n) is 5.11. The van der Waals surface area contributed by atoms with E-state index in [0.29, 0.717) is 11.8 Å². The molecule has 0 spiro atoms. The maximum atomic E-state index is 12.4. The van der Waals surface area contributed by atoms with Gasteiger partial charge >= 0.3 is 0 Å². The van der Waals surface area contributed by atoms with Crippen molar-refractivity contribution in [3.63, 3.8) is 0 Å². The molecule has 2 aliphatic carbocycles. The topological polar surface area (TPSA) is 58.6 Å². The van der Waals surface area contributed by atoms with Crippen LogP contribution in [-0.4, -0.2) is 23.2 Å². The molecule has 1 aromatic rings. The monoisotopic (exact) mass is 317 g/mol. The number of benzene rings is 1. The van der Waals surface area contributed by atoms with Gasteiger partial charge in [-0.05, 0) is 62.1 Å². The highest BCUT2D eigenvalue weighted by Gasteiger charge is 2.35. The highest BCUT2D eigenvalue weighted by molar-refractivity contribution is 5.81. The Bertz CT molecular complexity index is 541. The van der Waals surface area contributed by atoms with Crippen LogP contribution in [0.2, 0.25) is 0 Å². The first-order valence-electron chi connectivity index (χ1n) is 8.82. The molecule has 2 aliphatic rings. The van der Waals surface area contributed by atoms with Gasteiger partial charge in [0.25, 0.3) is 5.91 Å². The minimum Gasteiger partial charge on any atom is -0.481 e. The molecule has 2 N–H and O–H groups in total. The Morgan fingerprint density at radius 2 is 2.13 bits per heavy atom. The van der Waals surface area contributed by atoms with Gasteiger partial charge in [0.05, 0.1) is 6.61 Å². The van der Waals surface area contributed by atoms with Crippen molar-refractivity contribution in [2.45, 2.75) is 64.2 Å². The van der Waals surface area contributed by atoms with E-state index in [-0.39, 0.29) is 12.5 Å². The predicted molar refractivity (Wildman–Crippen MR) is 89.1 cm³/mol. The van der Waals surface area contributed by atoms with Gasteiger partial charge in [0.2, 0.25) is 0 Å². The van der Waals surface area contributed by atoms with E-state index in [0.717, 1.165) is 30.2 Å². The average molecular weight is 317 g/mol. The second-order valence-electron chi connectivity index (χ2n) is 7.04. The number of carbonyl (C=O) groups is 1. The molecule has 0 radical (unpaired) electrons. The van der Waals surface area contributed by atoms with Gasteiger partial charge in [0.15, 0.2) is 6.10 Å². The normalized spacial score (nSPS) is 25.7. The summed E-state index contributed by atoms with van der Waals surface area (Å²) in [5.74, 6) is 2.32. The van der Waals surface area contributed by atoms with E-state index in [9.17, 15) is 4.79 Å². The summed E-state index contributed by atoms with van der Waals surface area (Å²) in [6.07, 6.45) is 7.00. The maximum Gasteiger partial charge on any atom is 0.260 e. The van der Waals surface area contributed by atoms with Gasteiger partial charge in [0, 0.05) is 6.04 Å². The maximum absolute atomic E-state index is 12.4. The van der Waals surface area contributed by atoms with Crippen LogP contribution in [0, 0.1) is 11.8 Å². The Balaban J connectivity index is 1.50. The molecule has 2 saturated carbocycles. The first-order chi connectivity index (χ1) is 11.2.